The predicted molar refractivity (Wildman–Crippen MR) is 88.4 cm³/mol. The van der Waals surface area contributed by atoms with Crippen molar-refractivity contribution in [1.29, 1.82) is 0 Å². The molecule has 0 spiro atoms. The average molecular weight is 359 g/mol. The Kier molecular flexibility index (Phi) is 5.95. The molecule has 0 aromatic heterocycles. The Morgan fingerprint density at radius 1 is 1.43 bits per heavy atom. The fourth-order valence-electron chi connectivity index (χ4n) is 2.54. The van der Waals surface area contributed by atoms with Crippen molar-refractivity contribution >= 4 is 42.1 Å². The van der Waals surface area contributed by atoms with E-state index in [1.165, 1.54) is 0 Å². The molecule has 1 atom stereocenters. The van der Waals surface area contributed by atoms with Crippen molar-refractivity contribution in [2.75, 3.05) is 6.61 Å². The Morgan fingerprint density at radius 3 is 2.74 bits per heavy atom. The molecule has 23 heavy (non-hydrogen) atoms. The zero-order valence-electron chi connectivity index (χ0n) is 12.9. The van der Waals surface area contributed by atoms with Crippen molar-refractivity contribution in [2.24, 2.45) is 0 Å². The standard InChI is InChI=1S/C15H17BCl2O5/c1-3-10(19)7-9-5-8-6-11(17)13(18)12(15(20)22-4-2)14(8)23-16(9)21/h6,9,21H,3-5,7H2,1-2H3/t9-/m1/s1. The molecule has 1 aromatic carbocycles. The molecule has 5 nitrogen and oxygen atoms in total. The summed E-state index contributed by atoms with van der Waals surface area (Å²) in [5, 5.41) is 10.4. The lowest BCUT2D eigenvalue weighted by molar-refractivity contribution is -0.118. The van der Waals surface area contributed by atoms with Crippen molar-refractivity contribution in [3.8, 4) is 5.75 Å². The van der Waals surface area contributed by atoms with E-state index >= 15 is 0 Å². The quantitative estimate of drug-likeness (QED) is 0.645. The molecule has 2 rings (SSSR count). The second kappa shape index (κ2) is 7.56. The Morgan fingerprint density at radius 2 is 2.13 bits per heavy atom. The largest absolute Gasteiger partial charge is 0.535 e. The first kappa shape index (κ1) is 18.1. The lowest BCUT2D eigenvalue weighted by Crippen LogP contribution is -2.36. The maximum Gasteiger partial charge on any atom is 0.526 e. The van der Waals surface area contributed by atoms with Gasteiger partial charge < -0.3 is 14.4 Å². The second-order valence-electron chi connectivity index (χ2n) is 5.33. The van der Waals surface area contributed by atoms with E-state index in [1.807, 2.05) is 0 Å². The number of rotatable bonds is 5. The summed E-state index contributed by atoms with van der Waals surface area (Å²) in [6, 6.07) is 1.59. The number of ketones is 1. The van der Waals surface area contributed by atoms with Gasteiger partial charge in [0.2, 0.25) is 0 Å². The van der Waals surface area contributed by atoms with Crippen molar-refractivity contribution < 1.29 is 24.0 Å². The van der Waals surface area contributed by atoms with Gasteiger partial charge in [0.25, 0.3) is 0 Å². The van der Waals surface area contributed by atoms with Gasteiger partial charge >= 0.3 is 13.1 Å². The van der Waals surface area contributed by atoms with E-state index in [0.29, 0.717) is 18.4 Å². The van der Waals surface area contributed by atoms with Gasteiger partial charge in [-0.05, 0) is 25.0 Å². The summed E-state index contributed by atoms with van der Waals surface area (Å²) in [7, 11) is -1.19. The van der Waals surface area contributed by atoms with Crippen LogP contribution in [0.2, 0.25) is 15.9 Å². The maximum atomic E-state index is 12.1. The first-order chi connectivity index (χ1) is 10.9. The third-order valence-electron chi connectivity index (χ3n) is 3.74. The summed E-state index contributed by atoms with van der Waals surface area (Å²) >= 11 is 12.2. The molecule has 0 radical (unpaired) electrons. The number of Topliss-reactive ketones (excluding diaryl/α,β-unsaturated/α-hetero) is 1. The van der Waals surface area contributed by atoms with E-state index in [1.54, 1.807) is 19.9 Å². The van der Waals surface area contributed by atoms with Gasteiger partial charge in [-0.15, -0.1) is 0 Å². The normalized spacial score (nSPS) is 16.6. The van der Waals surface area contributed by atoms with Gasteiger partial charge in [0, 0.05) is 18.7 Å². The molecule has 1 N–H and O–H groups in total. The first-order valence-electron chi connectivity index (χ1n) is 7.43. The predicted octanol–water partition coefficient (Wildman–Crippen LogP) is 3.32. The smallest absolute Gasteiger partial charge is 0.526 e. The van der Waals surface area contributed by atoms with Crippen LogP contribution in [0.5, 0.6) is 5.75 Å². The van der Waals surface area contributed by atoms with Crippen LogP contribution in [-0.4, -0.2) is 30.5 Å². The molecule has 0 saturated heterocycles. The number of esters is 1. The monoisotopic (exact) mass is 358 g/mol. The molecule has 1 aromatic rings. The van der Waals surface area contributed by atoms with E-state index in [4.69, 9.17) is 32.6 Å². The minimum Gasteiger partial charge on any atom is -0.535 e. The summed E-state index contributed by atoms with van der Waals surface area (Å²) in [5.74, 6) is -0.842. The molecule has 0 aliphatic carbocycles. The van der Waals surface area contributed by atoms with Crippen LogP contribution >= 0.6 is 23.2 Å². The molecular weight excluding hydrogens is 342 g/mol. The minimum atomic E-state index is -1.19. The van der Waals surface area contributed by atoms with Crippen LogP contribution in [0.15, 0.2) is 6.07 Å². The van der Waals surface area contributed by atoms with Gasteiger partial charge in [-0.1, -0.05) is 30.1 Å². The number of benzene rings is 1. The molecule has 1 aliphatic heterocycles. The molecule has 0 saturated carbocycles. The summed E-state index contributed by atoms with van der Waals surface area (Å²) in [4.78, 5) is 23.8. The number of hydrogen-bond donors (Lipinski definition) is 1. The van der Waals surface area contributed by atoms with E-state index in [0.717, 1.165) is 0 Å². The fourth-order valence-corrected chi connectivity index (χ4v) is 2.99. The first-order valence-corrected chi connectivity index (χ1v) is 8.19. The van der Waals surface area contributed by atoms with Crippen LogP contribution in [0.4, 0.5) is 0 Å². The summed E-state index contributed by atoms with van der Waals surface area (Å²) in [5.41, 5.74) is 0.636. The number of halogens is 2. The molecular formula is C15H17BCl2O5. The highest BCUT2D eigenvalue weighted by atomic mass is 35.5. The van der Waals surface area contributed by atoms with Crippen molar-refractivity contribution in [2.45, 2.75) is 38.9 Å². The fraction of sp³-hybridized carbons (Fsp3) is 0.467. The van der Waals surface area contributed by atoms with Crippen LogP contribution in [0.3, 0.4) is 0 Å². The lowest BCUT2D eigenvalue weighted by atomic mass is 9.64. The minimum absolute atomic E-state index is 0.00957. The van der Waals surface area contributed by atoms with Gasteiger partial charge in [0.15, 0.2) is 0 Å². The van der Waals surface area contributed by atoms with Crippen LogP contribution < -0.4 is 4.65 Å². The number of carbonyl (C=O) groups excluding carboxylic acids is 2. The highest BCUT2D eigenvalue weighted by molar-refractivity contribution is 6.48. The van der Waals surface area contributed by atoms with E-state index in [2.05, 4.69) is 0 Å². The topological polar surface area (TPSA) is 72.8 Å². The third kappa shape index (κ3) is 3.82. The van der Waals surface area contributed by atoms with E-state index < -0.39 is 13.1 Å². The van der Waals surface area contributed by atoms with E-state index in [-0.39, 0.29) is 46.0 Å². The van der Waals surface area contributed by atoms with Crippen LogP contribution in [0.1, 0.15) is 42.6 Å². The molecule has 0 amide bonds. The molecule has 1 aliphatic rings. The van der Waals surface area contributed by atoms with Gasteiger partial charge in [0.05, 0.1) is 16.7 Å². The zero-order chi connectivity index (χ0) is 17.1. The van der Waals surface area contributed by atoms with Crippen molar-refractivity contribution in [1.82, 2.24) is 0 Å². The van der Waals surface area contributed by atoms with Gasteiger partial charge in [-0.3, -0.25) is 4.79 Å². The zero-order valence-corrected chi connectivity index (χ0v) is 14.4. The Labute approximate surface area is 145 Å². The number of hydrogen-bond acceptors (Lipinski definition) is 5. The molecule has 0 fully saturated rings. The molecule has 0 unspecified atom stereocenters. The summed E-state index contributed by atoms with van der Waals surface area (Å²) < 4.78 is 10.5. The van der Waals surface area contributed by atoms with Crippen LogP contribution in [0, 0.1) is 0 Å². The molecule has 124 valence electrons. The summed E-state index contributed by atoms with van der Waals surface area (Å²) in [6.07, 6.45) is 0.961. The highest BCUT2D eigenvalue weighted by Gasteiger charge is 2.39. The second-order valence-corrected chi connectivity index (χ2v) is 6.11. The third-order valence-corrected chi connectivity index (χ3v) is 4.52. The van der Waals surface area contributed by atoms with Gasteiger partial charge in [-0.2, -0.15) is 0 Å². The number of ether oxygens (including phenoxy) is 1. The highest BCUT2D eigenvalue weighted by Crippen LogP contribution is 2.42. The molecule has 8 heteroatoms. The summed E-state index contributed by atoms with van der Waals surface area (Å²) in [6.45, 7) is 3.61. The van der Waals surface area contributed by atoms with Gasteiger partial charge in [-0.25, -0.2) is 4.79 Å². The Balaban J connectivity index is 2.41. The van der Waals surface area contributed by atoms with Crippen LogP contribution in [0.25, 0.3) is 0 Å². The van der Waals surface area contributed by atoms with Crippen molar-refractivity contribution in [3.63, 3.8) is 0 Å². The average Bonchev–Trinajstić information content (AvgIpc) is 2.50. The van der Waals surface area contributed by atoms with Crippen LogP contribution in [-0.2, 0) is 16.0 Å². The lowest BCUT2D eigenvalue weighted by Gasteiger charge is -2.29. The number of carbonyl (C=O) groups is 2. The van der Waals surface area contributed by atoms with Crippen molar-refractivity contribution in [3.05, 3.63) is 27.2 Å². The molecule has 0 bridgehead atoms. The van der Waals surface area contributed by atoms with Gasteiger partial charge in [0.1, 0.15) is 17.1 Å². The Hall–Kier alpha value is -1.24. The SMILES string of the molecule is CCOC(=O)c1c(Cl)c(Cl)cc2c1OB(O)[C@@H](CC(=O)CC)C2. The van der Waals surface area contributed by atoms with E-state index in [9.17, 15) is 14.6 Å². The Bertz CT molecular complexity index is 635. The number of fused-ring (bicyclic) bond motifs is 1. The molecule has 1 heterocycles. The maximum absolute atomic E-state index is 12.1.